The van der Waals surface area contributed by atoms with E-state index in [1.54, 1.807) is 18.3 Å². The van der Waals surface area contributed by atoms with Crippen molar-refractivity contribution in [3.8, 4) is 11.5 Å². The Labute approximate surface area is 114 Å². The summed E-state index contributed by atoms with van der Waals surface area (Å²) in [4.78, 5) is 0. The third-order valence-corrected chi connectivity index (χ3v) is 2.80. The molecule has 2 rings (SSSR count). The van der Waals surface area contributed by atoms with Crippen molar-refractivity contribution in [2.24, 2.45) is 0 Å². The number of benzene rings is 1. The number of H-pyrrole nitrogens is 1. The number of anilines is 1. The van der Waals surface area contributed by atoms with Crippen LogP contribution in [0.2, 0.25) is 0 Å². The second kappa shape index (κ2) is 6.23. The van der Waals surface area contributed by atoms with Crippen LogP contribution in [0.5, 0.6) is 11.5 Å². The van der Waals surface area contributed by atoms with Crippen LogP contribution in [0.4, 0.5) is 14.5 Å². The summed E-state index contributed by atoms with van der Waals surface area (Å²) in [6.07, 6.45) is 1.71. The highest BCUT2D eigenvalue weighted by molar-refractivity contribution is 5.55. The van der Waals surface area contributed by atoms with Gasteiger partial charge in [-0.1, -0.05) is 0 Å². The topological polar surface area (TPSA) is 59.2 Å². The highest BCUT2D eigenvalue weighted by atomic mass is 19.3. The van der Waals surface area contributed by atoms with E-state index >= 15 is 0 Å². The average Bonchev–Trinajstić information content (AvgIpc) is 2.81. The Morgan fingerprint density at radius 1 is 1.35 bits per heavy atom. The number of halogens is 2. The number of aromatic amines is 1. The number of rotatable bonds is 6. The fraction of sp³-hybridized carbons (Fsp3) is 0.308. The predicted molar refractivity (Wildman–Crippen MR) is 70.3 cm³/mol. The lowest BCUT2D eigenvalue weighted by Crippen LogP contribution is -2.05. The van der Waals surface area contributed by atoms with Crippen LogP contribution < -0.4 is 14.8 Å². The maximum atomic E-state index is 12.3. The van der Waals surface area contributed by atoms with Crippen LogP contribution in [0.3, 0.4) is 0 Å². The highest BCUT2D eigenvalue weighted by Gasteiger charge is 2.11. The second-order valence-corrected chi connectivity index (χ2v) is 4.12. The molecule has 20 heavy (non-hydrogen) atoms. The Morgan fingerprint density at radius 3 is 2.75 bits per heavy atom. The van der Waals surface area contributed by atoms with Gasteiger partial charge in [-0.15, -0.1) is 0 Å². The van der Waals surface area contributed by atoms with Gasteiger partial charge in [-0.2, -0.15) is 13.9 Å². The molecule has 0 unspecified atom stereocenters. The Balaban J connectivity index is 2.10. The average molecular weight is 283 g/mol. The van der Waals surface area contributed by atoms with Gasteiger partial charge in [0.1, 0.15) is 0 Å². The molecule has 0 aliphatic carbocycles. The van der Waals surface area contributed by atoms with Gasteiger partial charge in [0, 0.05) is 29.6 Å². The van der Waals surface area contributed by atoms with Gasteiger partial charge >= 0.3 is 6.61 Å². The fourth-order valence-electron chi connectivity index (χ4n) is 1.73. The zero-order valence-electron chi connectivity index (χ0n) is 11.1. The first kappa shape index (κ1) is 14.1. The molecule has 0 fully saturated rings. The molecular weight excluding hydrogens is 268 g/mol. The highest BCUT2D eigenvalue weighted by Crippen LogP contribution is 2.31. The van der Waals surface area contributed by atoms with E-state index in [0.717, 1.165) is 11.3 Å². The van der Waals surface area contributed by atoms with Gasteiger partial charge in [-0.25, -0.2) is 0 Å². The van der Waals surface area contributed by atoms with Gasteiger partial charge in [0.05, 0.1) is 13.3 Å². The van der Waals surface area contributed by atoms with Crippen molar-refractivity contribution in [2.45, 2.75) is 20.1 Å². The summed E-state index contributed by atoms with van der Waals surface area (Å²) in [6.45, 7) is -0.457. The minimum absolute atomic E-state index is 0.00332. The number of hydrogen-bond acceptors (Lipinski definition) is 4. The standard InChI is InChI=1S/C13H15F2N3O2/c1-8-9(7-17-18-8)6-16-10-3-4-11(19-2)12(5-10)20-13(14)15/h3-5,7,13,16H,6H2,1-2H3,(H,17,18). The van der Waals surface area contributed by atoms with Crippen molar-refractivity contribution in [1.29, 1.82) is 0 Å². The lowest BCUT2D eigenvalue weighted by Gasteiger charge is -2.12. The molecule has 0 saturated heterocycles. The Kier molecular flexibility index (Phi) is 4.39. The van der Waals surface area contributed by atoms with Gasteiger partial charge in [0.2, 0.25) is 0 Å². The van der Waals surface area contributed by atoms with Gasteiger partial charge in [-0.3, -0.25) is 5.10 Å². The summed E-state index contributed by atoms with van der Waals surface area (Å²) >= 11 is 0. The molecule has 0 aliphatic rings. The number of aryl methyl sites for hydroxylation is 1. The predicted octanol–water partition coefficient (Wildman–Crippen LogP) is 2.94. The summed E-state index contributed by atoms with van der Waals surface area (Å²) in [5.74, 6) is 0.256. The molecule has 108 valence electrons. The van der Waals surface area contributed by atoms with E-state index in [4.69, 9.17) is 4.74 Å². The molecule has 1 heterocycles. The molecule has 0 aliphatic heterocycles. The first-order valence-corrected chi connectivity index (χ1v) is 5.95. The zero-order chi connectivity index (χ0) is 14.5. The van der Waals surface area contributed by atoms with Crippen LogP contribution >= 0.6 is 0 Å². The maximum Gasteiger partial charge on any atom is 0.387 e. The van der Waals surface area contributed by atoms with Crippen molar-refractivity contribution in [3.63, 3.8) is 0 Å². The smallest absolute Gasteiger partial charge is 0.387 e. The van der Waals surface area contributed by atoms with Gasteiger partial charge in [-0.05, 0) is 19.1 Å². The molecule has 5 nitrogen and oxygen atoms in total. The van der Waals surface area contributed by atoms with E-state index in [1.807, 2.05) is 6.92 Å². The summed E-state index contributed by atoms with van der Waals surface area (Å²) in [5.41, 5.74) is 2.61. The fourth-order valence-corrected chi connectivity index (χ4v) is 1.73. The van der Waals surface area contributed by atoms with Crippen LogP contribution in [0.1, 0.15) is 11.3 Å². The molecule has 7 heteroatoms. The first-order chi connectivity index (χ1) is 9.60. The SMILES string of the molecule is COc1ccc(NCc2cn[nH]c2C)cc1OC(F)F. The van der Waals surface area contributed by atoms with Gasteiger partial charge in [0.15, 0.2) is 11.5 Å². The van der Waals surface area contributed by atoms with E-state index in [1.165, 1.54) is 13.2 Å². The van der Waals surface area contributed by atoms with Gasteiger partial charge in [0.25, 0.3) is 0 Å². The number of alkyl halides is 2. The summed E-state index contributed by atoms with van der Waals surface area (Å²) < 4.78 is 34.0. The number of aromatic nitrogens is 2. The molecule has 0 spiro atoms. The molecule has 2 N–H and O–H groups in total. The van der Waals surface area contributed by atoms with Crippen molar-refractivity contribution in [1.82, 2.24) is 10.2 Å². The molecule has 0 amide bonds. The molecule has 1 aromatic carbocycles. The molecule has 0 saturated carbocycles. The van der Waals surface area contributed by atoms with Crippen molar-refractivity contribution < 1.29 is 18.3 Å². The summed E-state index contributed by atoms with van der Waals surface area (Å²) in [5, 5.41) is 9.85. The number of methoxy groups -OCH3 is 1. The van der Waals surface area contributed by atoms with E-state index < -0.39 is 6.61 Å². The molecule has 1 aromatic heterocycles. The van der Waals surface area contributed by atoms with Crippen molar-refractivity contribution in [3.05, 3.63) is 35.7 Å². The van der Waals surface area contributed by atoms with Crippen LogP contribution in [-0.4, -0.2) is 23.9 Å². The third-order valence-electron chi connectivity index (χ3n) is 2.80. The Bertz CT molecular complexity index is 572. The van der Waals surface area contributed by atoms with Crippen LogP contribution in [-0.2, 0) is 6.54 Å². The molecular formula is C13H15F2N3O2. The maximum absolute atomic E-state index is 12.3. The molecule has 2 aromatic rings. The van der Waals surface area contributed by atoms with E-state index in [2.05, 4.69) is 20.3 Å². The minimum Gasteiger partial charge on any atom is -0.493 e. The molecule has 0 bridgehead atoms. The normalized spacial score (nSPS) is 10.7. The lowest BCUT2D eigenvalue weighted by atomic mass is 10.2. The number of hydrogen-bond donors (Lipinski definition) is 2. The Hall–Kier alpha value is -2.31. The monoisotopic (exact) mass is 283 g/mol. The zero-order valence-corrected chi connectivity index (χ0v) is 11.1. The van der Waals surface area contributed by atoms with Crippen LogP contribution in [0.15, 0.2) is 24.4 Å². The lowest BCUT2D eigenvalue weighted by molar-refractivity contribution is -0.0511. The van der Waals surface area contributed by atoms with E-state index in [-0.39, 0.29) is 11.5 Å². The Morgan fingerprint density at radius 2 is 2.15 bits per heavy atom. The third kappa shape index (κ3) is 3.37. The number of ether oxygens (including phenoxy) is 2. The largest absolute Gasteiger partial charge is 0.493 e. The van der Waals surface area contributed by atoms with E-state index in [0.29, 0.717) is 12.2 Å². The van der Waals surface area contributed by atoms with Crippen LogP contribution in [0.25, 0.3) is 0 Å². The van der Waals surface area contributed by atoms with Gasteiger partial charge < -0.3 is 14.8 Å². The summed E-state index contributed by atoms with van der Waals surface area (Å²) in [7, 11) is 1.40. The number of nitrogens with one attached hydrogen (secondary N) is 2. The van der Waals surface area contributed by atoms with E-state index in [9.17, 15) is 8.78 Å². The quantitative estimate of drug-likeness (QED) is 0.855. The first-order valence-electron chi connectivity index (χ1n) is 5.95. The second-order valence-electron chi connectivity index (χ2n) is 4.12. The van der Waals surface area contributed by atoms with Crippen molar-refractivity contribution in [2.75, 3.05) is 12.4 Å². The van der Waals surface area contributed by atoms with Crippen molar-refractivity contribution >= 4 is 5.69 Å². The van der Waals surface area contributed by atoms with Crippen LogP contribution in [0, 0.1) is 6.92 Å². The summed E-state index contributed by atoms with van der Waals surface area (Å²) in [6, 6.07) is 4.77. The molecule has 0 radical (unpaired) electrons. The molecule has 0 atom stereocenters. The minimum atomic E-state index is -2.89. The number of nitrogens with zero attached hydrogens (tertiary/aromatic N) is 1.